The molecule has 6 aromatic rings. The van der Waals surface area contributed by atoms with Gasteiger partial charge in [0.05, 0.1) is 21.6 Å². The van der Waals surface area contributed by atoms with E-state index < -0.39 is 7.14 Å². The molecular weight excluding hydrogens is 437 g/mol. The highest BCUT2D eigenvalue weighted by atomic mass is 31.2. The Kier molecular flexibility index (Phi) is 4.12. The van der Waals surface area contributed by atoms with Crippen molar-refractivity contribution in [2.45, 2.75) is 0 Å². The van der Waals surface area contributed by atoms with Gasteiger partial charge in [-0.25, -0.2) is 0 Å². The first-order valence-corrected chi connectivity index (χ1v) is 13.0. The maximum Gasteiger partial charge on any atom is 0.178 e. The number of benzene rings is 5. The Labute approximate surface area is 197 Å². The van der Waals surface area contributed by atoms with Crippen LogP contribution in [-0.4, -0.2) is 4.57 Å². The fourth-order valence-corrected chi connectivity index (χ4v) is 7.99. The zero-order valence-corrected chi connectivity index (χ0v) is 19.2. The van der Waals surface area contributed by atoms with E-state index in [4.69, 9.17) is 4.74 Å². The molecule has 1 unspecified atom stereocenters. The number of aromatic nitrogens is 1. The molecule has 0 saturated carbocycles. The Balaban J connectivity index is 1.51. The normalized spacial score (nSPS) is 16.7. The fourth-order valence-electron chi connectivity index (χ4n) is 5.15. The third-order valence-corrected chi connectivity index (χ3v) is 9.79. The summed E-state index contributed by atoms with van der Waals surface area (Å²) in [5.41, 5.74) is 3.24. The Morgan fingerprint density at radius 2 is 1.15 bits per heavy atom. The van der Waals surface area contributed by atoms with Crippen molar-refractivity contribution in [2.75, 3.05) is 0 Å². The van der Waals surface area contributed by atoms with Crippen LogP contribution in [0.3, 0.4) is 0 Å². The van der Waals surface area contributed by atoms with Crippen LogP contribution in [0.2, 0.25) is 0 Å². The van der Waals surface area contributed by atoms with Gasteiger partial charge in [-0.15, -0.1) is 0 Å². The Hall–Kier alpha value is -4.07. The maximum absolute atomic E-state index is 14.8. The number of para-hydroxylation sites is 3. The maximum atomic E-state index is 14.8. The van der Waals surface area contributed by atoms with Crippen molar-refractivity contribution in [3.8, 4) is 17.2 Å². The van der Waals surface area contributed by atoms with E-state index in [1.165, 1.54) is 10.8 Å². The lowest BCUT2D eigenvalue weighted by atomic mass is 10.2. The van der Waals surface area contributed by atoms with Gasteiger partial charge < -0.3 is 13.9 Å². The molecule has 2 heterocycles. The number of fused-ring (bicyclic) bond motifs is 5. The number of rotatable bonds is 2. The van der Waals surface area contributed by atoms with Gasteiger partial charge in [0, 0.05) is 27.8 Å². The number of nitrogens with zero attached hydrogens (tertiary/aromatic N) is 1. The lowest BCUT2D eigenvalue weighted by molar-refractivity contribution is 0.485. The fraction of sp³-hybridized carbons (Fsp3) is 0. The molecule has 1 atom stereocenters. The number of hydrogen-bond acceptors (Lipinski definition) is 2. The second kappa shape index (κ2) is 7.21. The van der Waals surface area contributed by atoms with Crippen LogP contribution < -0.4 is 20.7 Å². The van der Waals surface area contributed by atoms with E-state index in [-0.39, 0.29) is 0 Å². The molecule has 0 N–H and O–H groups in total. The molecule has 0 radical (unpaired) electrons. The highest BCUT2D eigenvalue weighted by molar-refractivity contribution is 7.85. The Bertz CT molecular complexity index is 1710. The average Bonchev–Trinajstić information content (AvgIpc) is 3.23. The number of hydrogen-bond donors (Lipinski definition) is 0. The summed E-state index contributed by atoms with van der Waals surface area (Å²) < 4.78 is 23.4. The largest absolute Gasteiger partial charge is 0.456 e. The van der Waals surface area contributed by atoms with E-state index in [9.17, 15) is 4.57 Å². The van der Waals surface area contributed by atoms with E-state index in [0.29, 0.717) is 11.5 Å². The topological polar surface area (TPSA) is 31.2 Å². The summed E-state index contributed by atoms with van der Waals surface area (Å²) in [6, 6.07) is 40.4. The standard InChI is InChI=1S/C30H20NO2P/c32-34(22-10-2-1-3-11-22)29-17-9-8-16-27(29)33-28-20-21(18-19-30(28)34)31-25-14-6-4-12-23(25)24-13-5-7-15-26(24)31/h1-20H. The molecule has 1 aromatic heterocycles. The predicted octanol–water partition coefficient (Wildman–Crippen LogP) is 6.53. The minimum Gasteiger partial charge on any atom is -0.456 e. The molecule has 0 fully saturated rings. The van der Waals surface area contributed by atoms with Crippen LogP contribution in [0.25, 0.3) is 27.5 Å². The van der Waals surface area contributed by atoms with E-state index in [1.807, 2.05) is 66.7 Å². The summed E-state index contributed by atoms with van der Waals surface area (Å²) in [5.74, 6) is 1.30. The zero-order valence-electron chi connectivity index (χ0n) is 18.3. The van der Waals surface area contributed by atoms with Gasteiger partial charge in [-0.05, 0) is 36.4 Å². The zero-order chi connectivity index (χ0) is 22.7. The van der Waals surface area contributed by atoms with E-state index >= 15 is 0 Å². The molecule has 5 aromatic carbocycles. The van der Waals surface area contributed by atoms with Crippen molar-refractivity contribution in [3.63, 3.8) is 0 Å². The summed E-state index contributed by atoms with van der Waals surface area (Å²) >= 11 is 0. The molecule has 3 nitrogen and oxygen atoms in total. The van der Waals surface area contributed by atoms with Crippen LogP contribution >= 0.6 is 7.14 Å². The van der Waals surface area contributed by atoms with Crippen LogP contribution in [0.5, 0.6) is 11.5 Å². The Morgan fingerprint density at radius 1 is 0.559 bits per heavy atom. The highest BCUT2D eigenvalue weighted by Gasteiger charge is 2.39. The van der Waals surface area contributed by atoms with Gasteiger partial charge in [-0.1, -0.05) is 78.9 Å². The van der Waals surface area contributed by atoms with Gasteiger partial charge in [-0.3, -0.25) is 0 Å². The first kappa shape index (κ1) is 19.4. The lowest BCUT2D eigenvalue weighted by Crippen LogP contribution is -2.30. The van der Waals surface area contributed by atoms with Gasteiger partial charge >= 0.3 is 0 Å². The molecule has 1 aliphatic heterocycles. The van der Waals surface area contributed by atoms with Gasteiger partial charge in [0.15, 0.2) is 7.14 Å². The van der Waals surface area contributed by atoms with Crippen LogP contribution in [0, 0.1) is 0 Å². The van der Waals surface area contributed by atoms with Crippen molar-refractivity contribution in [2.24, 2.45) is 0 Å². The third kappa shape index (κ3) is 2.62. The molecule has 162 valence electrons. The first-order valence-electron chi connectivity index (χ1n) is 11.3. The molecular formula is C30H20NO2P. The predicted molar refractivity (Wildman–Crippen MR) is 140 cm³/mol. The van der Waals surface area contributed by atoms with Crippen molar-refractivity contribution in [1.29, 1.82) is 0 Å². The van der Waals surface area contributed by atoms with Gasteiger partial charge in [0.2, 0.25) is 0 Å². The minimum absolute atomic E-state index is 0.644. The summed E-state index contributed by atoms with van der Waals surface area (Å²) in [6.45, 7) is 0. The van der Waals surface area contributed by atoms with Crippen LogP contribution in [-0.2, 0) is 4.57 Å². The molecule has 7 rings (SSSR count). The third-order valence-electron chi connectivity index (χ3n) is 6.67. The average molecular weight is 457 g/mol. The first-order chi connectivity index (χ1) is 16.7. The van der Waals surface area contributed by atoms with Gasteiger partial charge in [-0.2, -0.15) is 0 Å². The van der Waals surface area contributed by atoms with Crippen LogP contribution in [0.1, 0.15) is 0 Å². The highest BCUT2D eigenvalue weighted by Crippen LogP contribution is 2.51. The molecule has 0 saturated heterocycles. The SMILES string of the molecule is O=P1(c2ccccc2)c2ccccc2Oc2cc(-n3c4ccccc4c4ccccc43)ccc21. The van der Waals surface area contributed by atoms with Crippen molar-refractivity contribution in [1.82, 2.24) is 4.57 Å². The van der Waals surface area contributed by atoms with Crippen molar-refractivity contribution in [3.05, 3.63) is 121 Å². The van der Waals surface area contributed by atoms with Gasteiger partial charge in [0.1, 0.15) is 11.5 Å². The van der Waals surface area contributed by atoms with Crippen molar-refractivity contribution >= 4 is 44.9 Å². The number of ether oxygens (including phenoxy) is 1. The Morgan fingerprint density at radius 3 is 1.88 bits per heavy atom. The van der Waals surface area contributed by atoms with Gasteiger partial charge in [0.25, 0.3) is 0 Å². The second-order valence-corrected chi connectivity index (χ2v) is 11.2. The van der Waals surface area contributed by atoms with Crippen LogP contribution in [0.15, 0.2) is 121 Å². The minimum atomic E-state index is -3.07. The van der Waals surface area contributed by atoms with E-state index in [0.717, 1.165) is 32.6 Å². The molecule has 0 bridgehead atoms. The smallest absolute Gasteiger partial charge is 0.178 e. The van der Waals surface area contributed by atoms with E-state index in [1.54, 1.807) is 0 Å². The summed E-state index contributed by atoms with van der Waals surface area (Å²) in [6.07, 6.45) is 0. The summed E-state index contributed by atoms with van der Waals surface area (Å²) in [4.78, 5) is 0. The van der Waals surface area contributed by atoms with Crippen LogP contribution in [0.4, 0.5) is 0 Å². The molecule has 1 aliphatic rings. The van der Waals surface area contributed by atoms with E-state index in [2.05, 4.69) is 59.2 Å². The quantitative estimate of drug-likeness (QED) is 0.277. The monoisotopic (exact) mass is 457 g/mol. The summed E-state index contributed by atoms with van der Waals surface area (Å²) in [7, 11) is -3.07. The molecule has 4 heteroatoms. The lowest BCUT2D eigenvalue weighted by Gasteiger charge is -2.29. The molecule has 0 aliphatic carbocycles. The molecule has 0 spiro atoms. The molecule has 34 heavy (non-hydrogen) atoms. The molecule has 0 amide bonds. The summed E-state index contributed by atoms with van der Waals surface area (Å²) in [5, 5.41) is 4.71. The van der Waals surface area contributed by atoms with Crippen molar-refractivity contribution < 1.29 is 9.30 Å². The second-order valence-electron chi connectivity index (χ2n) is 8.54.